The second kappa shape index (κ2) is 6.05. The van der Waals surface area contributed by atoms with Crippen molar-refractivity contribution in [3.63, 3.8) is 0 Å². The van der Waals surface area contributed by atoms with Gasteiger partial charge >= 0.3 is 0 Å². The number of fused-ring (bicyclic) bond motifs is 5. The fraction of sp³-hybridized carbons (Fsp3) is 0.727. The first-order valence-electron chi connectivity index (χ1n) is 10.1. The first kappa shape index (κ1) is 16.4. The number of aliphatic hydroxyl groups excluding tert-OH is 1. The maximum atomic E-state index is 10.5. The van der Waals surface area contributed by atoms with Crippen molar-refractivity contribution in [2.45, 2.75) is 83.7 Å². The van der Waals surface area contributed by atoms with Crippen LogP contribution in [0.25, 0.3) is 0 Å². The van der Waals surface area contributed by atoms with Crippen molar-refractivity contribution in [2.75, 3.05) is 0 Å². The number of hydrogen-bond acceptors (Lipinski definition) is 2. The highest BCUT2D eigenvalue weighted by Crippen LogP contribution is 2.61. The molecule has 1 aromatic carbocycles. The minimum Gasteiger partial charge on any atom is -0.508 e. The molecule has 0 aromatic heterocycles. The maximum absolute atomic E-state index is 10.5. The summed E-state index contributed by atoms with van der Waals surface area (Å²) in [5.74, 6) is 2.53. The summed E-state index contributed by atoms with van der Waals surface area (Å²) in [6.45, 7) is 4.58. The lowest BCUT2D eigenvalue weighted by atomic mass is 9.55. The van der Waals surface area contributed by atoms with Gasteiger partial charge in [-0.1, -0.05) is 20.3 Å². The van der Waals surface area contributed by atoms with Gasteiger partial charge in [-0.05, 0) is 103 Å². The van der Waals surface area contributed by atoms with Crippen molar-refractivity contribution >= 4 is 0 Å². The van der Waals surface area contributed by atoms with Crippen LogP contribution in [0.2, 0.25) is 0 Å². The summed E-state index contributed by atoms with van der Waals surface area (Å²) in [6.07, 6.45) is 10.3. The Morgan fingerprint density at radius 3 is 2.79 bits per heavy atom. The molecule has 24 heavy (non-hydrogen) atoms. The van der Waals surface area contributed by atoms with Crippen LogP contribution in [-0.2, 0) is 12.8 Å². The smallest absolute Gasteiger partial charge is 0.116 e. The molecule has 1 aromatic rings. The van der Waals surface area contributed by atoms with Crippen LogP contribution < -0.4 is 0 Å². The number of phenolic OH excluding ortho intramolecular Hbond substituents is 1. The lowest BCUT2D eigenvalue weighted by molar-refractivity contribution is -0.0227. The van der Waals surface area contributed by atoms with E-state index in [1.165, 1.54) is 43.2 Å². The molecule has 2 fully saturated rings. The van der Waals surface area contributed by atoms with Crippen LogP contribution in [0.5, 0.6) is 5.75 Å². The molecule has 3 aliphatic rings. The minimum atomic E-state index is -0.0933. The number of rotatable bonds is 3. The zero-order valence-electron chi connectivity index (χ0n) is 15.2. The third-order valence-electron chi connectivity index (χ3n) is 7.64. The van der Waals surface area contributed by atoms with Crippen LogP contribution in [0.15, 0.2) is 12.1 Å². The first-order chi connectivity index (χ1) is 11.5. The third kappa shape index (κ3) is 2.41. The van der Waals surface area contributed by atoms with Crippen molar-refractivity contribution in [3.05, 3.63) is 28.8 Å². The highest BCUT2D eigenvalue weighted by molar-refractivity contribution is 5.46. The predicted octanol–water partition coefficient (Wildman–Crippen LogP) is 4.95. The first-order valence-corrected chi connectivity index (χ1v) is 10.1. The maximum Gasteiger partial charge on any atom is 0.116 e. The van der Waals surface area contributed by atoms with Crippen LogP contribution in [0.3, 0.4) is 0 Å². The minimum absolute atomic E-state index is 0.0933. The molecule has 0 heterocycles. The van der Waals surface area contributed by atoms with E-state index < -0.39 is 0 Å². The number of hydrogen-bond donors (Lipinski definition) is 2. The molecule has 0 aliphatic heterocycles. The Balaban J connectivity index is 1.71. The largest absolute Gasteiger partial charge is 0.508 e. The second-order valence-electron chi connectivity index (χ2n) is 8.83. The van der Waals surface area contributed by atoms with Crippen LogP contribution >= 0.6 is 0 Å². The zero-order chi connectivity index (χ0) is 16.9. The average Bonchev–Trinajstić information content (AvgIpc) is 2.87. The molecule has 0 radical (unpaired) electrons. The van der Waals surface area contributed by atoms with Crippen molar-refractivity contribution in [3.8, 4) is 5.75 Å². The molecular weight excluding hydrogens is 296 g/mol. The zero-order valence-corrected chi connectivity index (χ0v) is 15.2. The Hall–Kier alpha value is -1.02. The van der Waals surface area contributed by atoms with Crippen LogP contribution in [0.1, 0.15) is 81.4 Å². The molecule has 5 atom stereocenters. The monoisotopic (exact) mass is 328 g/mol. The number of unbranched alkanes of at least 4 members (excludes halogenated alkanes) is 1. The quantitative estimate of drug-likeness (QED) is 0.824. The fourth-order valence-corrected chi connectivity index (χ4v) is 6.36. The van der Waals surface area contributed by atoms with Gasteiger partial charge in [-0.25, -0.2) is 0 Å². The van der Waals surface area contributed by atoms with E-state index in [4.69, 9.17) is 0 Å². The van der Waals surface area contributed by atoms with Crippen molar-refractivity contribution in [1.29, 1.82) is 0 Å². The Bertz CT molecular complexity index is 623. The molecule has 2 saturated carbocycles. The summed E-state index contributed by atoms with van der Waals surface area (Å²) in [6, 6.07) is 4.06. The van der Waals surface area contributed by atoms with E-state index in [-0.39, 0.29) is 11.5 Å². The molecule has 2 N–H and O–H groups in total. The Kier molecular flexibility index (Phi) is 4.15. The van der Waals surface area contributed by atoms with Gasteiger partial charge in [0, 0.05) is 0 Å². The topological polar surface area (TPSA) is 40.5 Å². The van der Waals surface area contributed by atoms with Crippen molar-refractivity contribution < 1.29 is 10.2 Å². The number of phenols is 1. The van der Waals surface area contributed by atoms with Crippen LogP contribution in [0, 0.1) is 17.3 Å². The number of aliphatic hydroxyl groups is 1. The van der Waals surface area contributed by atoms with Gasteiger partial charge in [0.25, 0.3) is 0 Å². The average molecular weight is 328 g/mol. The van der Waals surface area contributed by atoms with E-state index in [1.54, 1.807) is 5.56 Å². The Morgan fingerprint density at radius 1 is 1.17 bits per heavy atom. The van der Waals surface area contributed by atoms with Crippen molar-refractivity contribution in [1.82, 2.24) is 0 Å². The van der Waals surface area contributed by atoms with E-state index in [1.807, 2.05) is 12.1 Å². The van der Waals surface area contributed by atoms with Gasteiger partial charge in [0.1, 0.15) is 5.75 Å². The highest BCUT2D eigenvalue weighted by atomic mass is 16.3. The van der Waals surface area contributed by atoms with Gasteiger partial charge in [-0.3, -0.25) is 0 Å². The summed E-state index contributed by atoms with van der Waals surface area (Å²) in [5, 5.41) is 20.7. The second-order valence-corrected chi connectivity index (χ2v) is 8.83. The van der Waals surface area contributed by atoms with Crippen LogP contribution in [-0.4, -0.2) is 16.3 Å². The molecule has 0 amide bonds. The summed E-state index contributed by atoms with van der Waals surface area (Å²) >= 11 is 0. The summed E-state index contributed by atoms with van der Waals surface area (Å²) in [7, 11) is 0. The van der Waals surface area contributed by atoms with Gasteiger partial charge in [0.05, 0.1) is 6.10 Å². The number of aryl methyl sites for hydroxylation is 2. The third-order valence-corrected chi connectivity index (χ3v) is 7.64. The van der Waals surface area contributed by atoms with E-state index in [0.29, 0.717) is 17.6 Å². The lowest BCUT2D eigenvalue weighted by Gasteiger charge is -2.50. The van der Waals surface area contributed by atoms with Gasteiger partial charge in [-0.2, -0.15) is 0 Å². The van der Waals surface area contributed by atoms with Gasteiger partial charge < -0.3 is 10.2 Å². The van der Waals surface area contributed by atoms with Gasteiger partial charge in [0.15, 0.2) is 0 Å². The predicted molar refractivity (Wildman–Crippen MR) is 97.3 cm³/mol. The molecule has 0 bridgehead atoms. The van der Waals surface area contributed by atoms with E-state index >= 15 is 0 Å². The molecule has 2 heteroatoms. The molecule has 0 spiro atoms. The van der Waals surface area contributed by atoms with Gasteiger partial charge in [0.2, 0.25) is 0 Å². The van der Waals surface area contributed by atoms with E-state index in [0.717, 1.165) is 31.6 Å². The highest BCUT2D eigenvalue weighted by Gasteiger charge is 2.54. The van der Waals surface area contributed by atoms with Crippen LogP contribution in [0.4, 0.5) is 0 Å². The summed E-state index contributed by atoms with van der Waals surface area (Å²) < 4.78 is 0. The molecule has 0 saturated heterocycles. The Labute approximate surface area is 146 Å². The SMILES string of the molecule is CCCCc1cc(O)cc2c1[C@H]1CC[C@]3(C)[C@H](O)CC[C@H]3[C@@H]1CC2. The Morgan fingerprint density at radius 2 is 2.00 bits per heavy atom. The molecule has 3 aliphatic carbocycles. The summed E-state index contributed by atoms with van der Waals surface area (Å²) in [4.78, 5) is 0. The van der Waals surface area contributed by atoms with Crippen molar-refractivity contribution in [2.24, 2.45) is 17.3 Å². The van der Waals surface area contributed by atoms with E-state index in [2.05, 4.69) is 13.8 Å². The fourth-order valence-electron chi connectivity index (χ4n) is 6.36. The molecule has 4 rings (SSSR count). The lowest BCUT2D eigenvalue weighted by Crippen LogP contribution is -2.44. The van der Waals surface area contributed by atoms with E-state index in [9.17, 15) is 10.2 Å². The number of aromatic hydroxyl groups is 1. The van der Waals surface area contributed by atoms with Gasteiger partial charge in [-0.15, -0.1) is 0 Å². The molecule has 2 nitrogen and oxygen atoms in total. The molecule has 132 valence electrons. The standard InChI is InChI=1S/C22H32O2/c1-3-4-5-14-12-16(23)13-15-6-7-17-18(21(14)15)10-11-22(2)19(17)8-9-20(22)24/h12-13,17-20,23-24H,3-11H2,1-2H3/t17-,18+,19+,20-,22+/m1/s1. The number of benzene rings is 1. The molecule has 0 unspecified atom stereocenters. The summed E-state index contributed by atoms with van der Waals surface area (Å²) in [5.41, 5.74) is 4.55. The normalized spacial score (nSPS) is 37.6. The molecular formula is C22H32O2.